The number of benzene rings is 1. The van der Waals surface area contributed by atoms with E-state index in [1.54, 1.807) is 24.3 Å². The molecule has 0 spiro atoms. The number of amides is 1. The number of nitrogens with two attached hydrogens (primary N) is 3. The quantitative estimate of drug-likeness (QED) is 0.443. The van der Waals surface area contributed by atoms with Gasteiger partial charge in [0.05, 0.1) is 6.42 Å². The lowest BCUT2D eigenvalue weighted by atomic mass is 10.1. The van der Waals surface area contributed by atoms with Crippen molar-refractivity contribution < 1.29 is 19.1 Å². The van der Waals surface area contributed by atoms with Crippen molar-refractivity contribution in [3.63, 3.8) is 0 Å². The van der Waals surface area contributed by atoms with Crippen molar-refractivity contribution in [3.05, 3.63) is 35.9 Å². The maximum absolute atomic E-state index is 11.6. The van der Waals surface area contributed by atoms with E-state index in [1.165, 1.54) is 0 Å². The molecule has 108 valence electrons. The monoisotopic (exact) mass is 279 g/mol. The van der Waals surface area contributed by atoms with Crippen molar-refractivity contribution in [2.45, 2.75) is 24.9 Å². The lowest BCUT2D eigenvalue weighted by molar-refractivity contribution is -0.162. The van der Waals surface area contributed by atoms with Crippen molar-refractivity contribution in [1.82, 2.24) is 0 Å². The van der Waals surface area contributed by atoms with E-state index in [4.69, 9.17) is 17.2 Å². The molecule has 0 bridgehead atoms. The molecule has 7 heteroatoms. The van der Waals surface area contributed by atoms with E-state index in [0.717, 1.165) is 5.56 Å². The molecule has 1 amide bonds. The van der Waals surface area contributed by atoms with Crippen LogP contribution >= 0.6 is 0 Å². The summed E-state index contributed by atoms with van der Waals surface area (Å²) in [6.45, 7) is 0. The summed E-state index contributed by atoms with van der Waals surface area (Å²) in [4.78, 5) is 33.6. The third kappa shape index (κ3) is 5.17. The highest BCUT2D eigenvalue weighted by atomic mass is 16.6. The summed E-state index contributed by atoms with van der Waals surface area (Å²) in [6, 6.07) is 6.80. The first-order valence-electron chi connectivity index (χ1n) is 5.99. The zero-order chi connectivity index (χ0) is 15.1. The maximum atomic E-state index is 11.6. The lowest BCUT2D eigenvalue weighted by Gasteiger charge is -2.12. The molecule has 1 aromatic carbocycles. The van der Waals surface area contributed by atoms with Gasteiger partial charge in [-0.25, -0.2) is 9.59 Å². The Labute approximate surface area is 116 Å². The molecule has 2 atom stereocenters. The van der Waals surface area contributed by atoms with Crippen molar-refractivity contribution >= 4 is 17.8 Å². The van der Waals surface area contributed by atoms with Gasteiger partial charge in [0.2, 0.25) is 5.91 Å². The summed E-state index contributed by atoms with van der Waals surface area (Å²) in [6.07, 6.45) is -0.155. The van der Waals surface area contributed by atoms with Crippen LogP contribution in [0.1, 0.15) is 12.0 Å². The number of ether oxygens (including phenoxy) is 1. The summed E-state index contributed by atoms with van der Waals surface area (Å²) < 4.78 is 4.51. The van der Waals surface area contributed by atoms with Gasteiger partial charge in [-0.3, -0.25) is 4.79 Å². The van der Waals surface area contributed by atoms with Crippen LogP contribution in [0, 0.1) is 0 Å². The number of carbonyl (C=O) groups is 3. The summed E-state index contributed by atoms with van der Waals surface area (Å²) in [5, 5.41) is 0. The number of rotatable bonds is 6. The van der Waals surface area contributed by atoms with E-state index in [-0.39, 0.29) is 12.8 Å². The average molecular weight is 279 g/mol. The van der Waals surface area contributed by atoms with E-state index >= 15 is 0 Å². The molecular formula is C13H17N3O4. The molecule has 0 unspecified atom stereocenters. The predicted molar refractivity (Wildman–Crippen MR) is 71.0 cm³/mol. The highest BCUT2D eigenvalue weighted by Crippen LogP contribution is 2.03. The van der Waals surface area contributed by atoms with Gasteiger partial charge in [0.1, 0.15) is 12.1 Å². The van der Waals surface area contributed by atoms with E-state index in [0.29, 0.717) is 0 Å². The maximum Gasteiger partial charge on any atom is 0.331 e. The molecule has 0 saturated heterocycles. The fourth-order valence-electron chi connectivity index (χ4n) is 1.50. The topological polar surface area (TPSA) is 139 Å². The van der Waals surface area contributed by atoms with Crippen LogP contribution in [0.4, 0.5) is 0 Å². The van der Waals surface area contributed by atoms with Crippen LogP contribution < -0.4 is 17.2 Å². The Bertz CT molecular complexity index is 490. The molecule has 0 aromatic heterocycles. The molecule has 6 N–H and O–H groups in total. The van der Waals surface area contributed by atoms with Crippen molar-refractivity contribution in [2.75, 3.05) is 0 Å². The standard InChI is InChI=1S/C13H17N3O4/c14-9(6-8-4-2-1-3-5-8)12(18)20-13(19)10(15)7-11(16)17/h1-5,9-10H,6-7,14-15H2,(H2,16,17)/t9-,10-/m0/s1. The Hall–Kier alpha value is -2.25. The van der Waals surface area contributed by atoms with E-state index in [9.17, 15) is 14.4 Å². The third-order valence-electron chi connectivity index (χ3n) is 2.53. The predicted octanol–water partition coefficient (Wildman–Crippen LogP) is -1.17. The van der Waals surface area contributed by atoms with Gasteiger partial charge in [0.15, 0.2) is 0 Å². The Morgan fingerprint density at radius 3 is 2.10 bits per heavy atom. The second kappa shape index (κ2) is 7.37. The molecule has 0 saturated carbocycles. The van der Waals surface area contributed by atoms with E-state index in [2.05, 4.69) is 4.74 Å². The first-order chi connectivity index (χ1) is 9.40. The second-order valence-electron chi connectivity index (χ2n) is 4.31. The molecule has 20 heavy (non-hydrogen) atoms. The third-order valence-corrected chi connectivity index (χ3v) is 2.53. The number of esters is 2. The molecule has 1 aromatic rings. The first-order valence-corrected chi connectivity index (χ1v) is 5.99. The molecular weight excluding hydrogens is 262 g/mol. The summed E-state index contributed by atoms with van der Waals surface area (Å²) in [7, 11) is 0. The molecule has 0 aliphatic heterocycles. The zero-order valence-corrected chi connectivity index (χ0v) is 10.8. The Morgan fingerprint density at radius 1 is 1.00 bits per heavy atom. The van der Waals surface area contributed by atoms with Gasteiger partial charge in [0, 0.05) is 0 Å². The fourth-order valence-corrected chi connectivity index (χ4v) is 1.50. The molecule has 1 rings (SSSR count). The number of hydrogen-bond donors (Lipinski definition) is 3. The molecule has 0 radical (unpaired) electrons. The Kier molecular flexibility index (Phi) is 5.82. The van der Waals surface area contributed by atoms with Crippen LogP contribution in [0.25, 0.3) is 0 Å². The number of hydrogen-bond acceptors (Lipinski definition) is 6. The van der Waals surface area contributed by atoms with Gasteiger partial charge < -0.3 is 21.9 Å². The van der Waals surface area contributed by atoms with Crippen molar-refractivity contribution in [3.8, 4) is 0 Å². The Balaban J connectivity index is 2.49. The first kappa shape index (κ1) is 15.8. The molecule has 0 fully saturated rings. The lowest BCUT2D eigenvalue weighted by Crippen LogP contribution is -2.42. The van der Waals surface area contributed by atoms with Crippen LogP contribution in [0.15, 0.2) is 30.3 Å². The van der Waals surface area contributed by atoms with E-state index in [1.807, 2.05) is 6.07 Å². The Morgan fingerprint density at radius 2 is 1.55 bits per heavy atom. The van der Waals surface area contributed by atoms with E-state index < -0.39 is 29.9 Å². The SMILES string of the molecule is NC(=O)C[C@H](N)C(=O)OC(=O)[C@@H](N)Cc1ccccc1. The second-order valence-corrected chi connectivity index (χ2v) is 4.31. The van der Waals surface area contributed by atoms with Gasteiger partial charge in [-0.05, 0) is 12.0 Å². The highest BCUT2D eigenvalue weighted by Gasteiger charge is 2.24. The minimum absolute atomic E-state index is 0.234. The van der Waals surface area contributed by atoms with Crippen LogP contribution in [0.2, 0.25) is 0 Å². The summed E-state index contributed by atoms with van der Waals surface area (Å²) >= 11 is 0. The summed E-state index contributed by atoms with van der Waals surface area (Å²) in [5.74, 6) is -2.66. The van der Waals surface area contributed by atoms with Crippen LogP contribution in [-0.2, 0) is 25.5 Å². The average Bonchev–Trinajstić information content (AvgIpc) is 2.38. The van der Waals surface area contributed by atoms with Gasteiger partial charge in [-0.2, -0.15) is 0 Å². The van der Waals surface area contributed by atoms with Gasteiger partial charge in [-0.15, -0.1) is 0 Å². The number of primary amides is 1. The highest BCUT2D eigenvalue weighted by molar-refractivity contribution is 5.92. The summed E-state index contributed by atoms with van der Waals surface area (Å²) in [5.41, 5.74) is 16.7. The van der Waals surface area contributed by atoms with Gasteiger partial charge in [0.25, 0.3) is 0 Å². The van der Waals surface area contributed by atoms with Crippen LogP contribution in [-0.4, -0.2) is 29.9 Å². The van der Waals surface area contributed by atoms with Crippen molar-refractivity contribution in [1.29, 1.82) is 0 Å². The fraction of sp³-hybridized carbons (Fsp3) is 0.308. The van der Waals surface area contributed by atoms with Gasteiger partial charge >= 0.3 is 11.9 Å². The molecule has 0 aliphatic rings. The normalized spacial score (nSPS) is 13.3. The molecule has 7 nitrogen and oxygen atoms in total. The molecule has 0 heterocycles. The zero-order valence-electron chi connectivity index (χ0n) is 10.8. The number of carbonyl (C=O) groups excluding carboxylic acids is 3. The minimum Gasteiger partial charge on any atom is -0.391 e. The van der Waals surface area contributed by atoms with Crippen LogP contribution in [0.3, 0.4) is 0 Å². The van der Waals surface area contributed by atoms with Crippen molar-refractivity contribution in [2.24, 2.45) is 17.2 Å². The minimum atomic E-state index is -1.26. The van der Waals surface area contributed by atoms with Gasteiger partial charge in [-0.1, -0.05) is 30.3 Å². The smallest absolute Gasteiger partial charge is 0.331 e. The largest absolute Gasteiger partial charge is 0.391 e. The van der Waals surface area contributed by atoms with Crippen LogP contribution in [0.5, 0.6) is 0 Å². The molecule has 0 aliphatic carbocycles.